The third kappa shape index (κ3) is 4.05. The number of rotatable bonds is 7. The largest absolute Gasteiger partial charge is 0.385 e. The summed E-state index contributed by atoms with van der Waals surface area (Å²) in [5.74, 6) is 0. The van der Waals surface area contributed by atoms with Gasteiger partial charge in [-0.2, -0.15) is 0 Å². The average molecular weight is 251 g/mol. The number of hydrogen-bond donors (Lipinski definition) is 1. The molecule has 0 bridgehead atoms. The smallest absolute Gasteiger partial charge is 0.0547 e. The van der Waals surface area contributed by atoms with Crippen LogP contribution >= 0.6 is 0 Å². The number of likely N-dealkylation sites (N-methyl/N-ethyl adjacent to an activating group) is 1. The molecule has 4 heteroatoms. The second kappa shape index (κ2) is 6.83. The van der Waals surface area contributed by atoms with E-state index in [1.54, 1.807) is 7.11 Å². The molecule has 0 aliphatic carbocycles. The zero-order chi connectivity index (χ0) is 13.6. The number of aromatic nitrogens is 1. The lowest BCUT2D eigenvalue weighted by Gasteiger charge is -2.37. The lowest BCUT2D eigenvalue weighted by Crippen LogP contribution is -2.50. The SMILES string of the molecule is COCCC(C)(CN)N(C)Cc1cccc(C)n1. The van der Waals surface area contributed by atoms with Crippen molar-refractivity contribution in [3.8, 4) is 0 Å². The van der Waals surface area contributed by atoms with Crippen molar-refractivity contribution < 1.29 is 4.74 Å². The van der Waals surface area contributed by atoms with Crippen LogP contribution in [-0.2, 0) is 11.3 Å². The molecule has 102 valence electrons. The molecule has 1 rings (SSSR count). The average Bonchev–Trinajstić information content (AvgIpc) is 2.36. The van der Waals surface area contributed by atoms with E-state index in [-0.39, 0.29) is 5.54 Å². The second-order valence-corrected chi connectivity index (χ2v) is 5.07. The summed E-state index contributed by atoms with van der Waals surface area (Å²) in [6, 6.07) is 6.10. The molecule has 0 amide bonds. The second-order valence-electron chi connectivity index (χ2n) is 5.07. The van der Waals surface area contributed by atoms with Gasteiger partial charge >= 0.3 is 0 Å². The Kier molecular flexibility index (Phi) is 5.72. The van der Waals surface area contributed by atoms with Crippen molar-refractivity contribution in [2.45, 2.75) is 32.4 Å². The highest BCUT2D eigenvalue weighted by molar-refractivity contribution is 5.10. The van der Waals surface area contributed by atoms with E-state index in [9.17, 15) is 0 Å². The predicted molar refractivity (Wildman–Crippen MR) is 74.4 cm³/mol. The standard InChI is InChI=1S/C14H25N3O/c1-12-6-5-7-13(16-12)10-17(3)14(2,11-15)8-9-18-4/h5-7H,8-11,15H2,1-4H3. The molecular formula is C14H25N3O. The van der Waals surface area contributed by atoms with Crippen LogP contribution in [0.5, 0.6) is 0 Å². The number of aryl methyl sites for hydroxylation is 1. The Hall–Kier alpha value is -0.970. The van der Waals surface area contributed by atoms with Gasteiger partial charge in [-0.25, -0.2) is 0 Å². The Morgan fingerprint density at radius 1 is 1.44 bits per heavy atom. The fraction of sp³-hybridized carbons (Fsp3) is 0.643. The van der Waals surface area contributed by atoms with Crippen molar-refractivity contribution in [3.63, 3.8) is 0 Å². The zero-order valence-corrected chi connectivity index (χ0v) is 11.9. The van der Waals surface area contributed by atoms with E-state index < -0.39 is 0 Å². The number of methoxy groups -OCH3 is 1. The molecule has 4 nitrogen and oxygen atoms in total. The van der Waals surface area contributed by atoms with Gasteiger partial charge in [0, 0.05) is 38.0 Å². The number of nitrogens with zero attached hydrogens (tertiary/aromatic N) is 2. The van der Waals surface area contributed by atoms with Crippen molar-refractivity contribution >= 4 is 0 Å². The van der Waals surface area contributed by atoms with Gasteiger partial charge in [-0.05, 0) is 39.4 Å². The normalized spacial score (nSPS) is 14.8. The monoisotopic (exact) mass is 251 g/mol. The summed E-state index contributed by atoms with van der Waals surface area (Å²) in [6.07, 6.45) is 0.919. The molecule has 0 radical (unpaired) electrons. The highest BCUT2D eigenvalue weighted by Gasteiger charge is 2.27. The van der Waals surface area contributed by atoms with E-state index in [1.807, 2.05) is 19.1 Å². The first-order valence-corrected chi connectivity index (χ1v) is 6.34. The van der Waals surface area contributed by atoms with Gasteiger partial charge < -0.3 is 10.5 Å². The summed E-state index contributed by atoms with van der Waals surface area (Å²) in [5.41, 5.74) is 7.99. The summed E-state index contributed by atoms with van der Waals surface area (Å²) >= 11 is 0. The maximum absolute atomic E-state index is 5.91. The lowest BCUT2D eigenvalue weighted by molar-refractivity contribution is 0.0830. The third-order valence-electron chi connectivity index (χ3n) is 3.55. The van der Waals surface area contributed by atoms with E-state index in [2.05, 4.69) is 29.9 Å². The van der Waals surface area contributed by atoms with Crippen molar-refractivity contribution in [1.29, 1.82) is 0 Å². The first-order valence-electron chi connectivity index (χ1n) is 6.34. The van der Waals surface area contributed by atoms with Crippen molar-refractivity contribution in [2.75, 3.05) is 27.3 Å². The zero-order valence-electron chi connectivity index (χ0n) is 11.9. The third-order valence-corrected chi connectivity index (χ3v) is 3.55. The summed E-state index contributed by atoms with van der Waals surface area (Å²) in [5, 5.41) is 0. The Labute approximate surface area is 110 Å². The summed E-state index contributed by atoms with van der Waals surface area (Å²) in [7, 11) is 3.81. The number of pyridine rings is 1. The van der Waals surface area contributed by atoms with Crippen LogP contribution in [0.15, 0.2) is 18.2 Å². The minimum Gasteiger partial charge on any atom is -0.385 e. The molecule has 0 fully saturated rings. The molecule has 18 heavy (non-hydrogen) atoms. The highest BCUT2D eigenvalue weighted by Crippen LogP contribution is 2.18. The minimum absolute atomic E-state index is 0.0541. The fourth-order valence-electron chi connectivity index (χ4n) is 1.89. The van der Waals surface area contributed by atoms with Crippen LogP contribution in [0.3, 0.4) is 0 Å². The van der Waals surface area contributed by atoms with E-state index >= 15 is 0 Å². The maximum atomic E-state index is 5.91. The molecule has 0 aliphatic rings. The van der Waals surface area contributed by atoms with E-state index in [4.69, 9.17) is 10.5 Å². The van der Waals surface area contributed by atoms with Gasteiger partial charge in [-0.3, -0.25) is 9.88 Å². The van der Waals surface area contributed by atoms with Gasteiger partial charge in [-0.1, -0.05) is 6.07 Å². The Morgan fingerprint density at radius 3 is 2.72 bits per heavy atom. The van der Waals surface area contributed by atoms with E-state index in [1.165, 1.54) is 0 Å². The molecule has 1 atom stereocenters. The molecule has 2 N–H and O–H groups in total. The Balaban J connectivity index is 2.69. The first kappa shape index (κ1) is 15.1. The van der Waals surface area contributed by atoms with Crippen LogP contribution in [0.2, 0.25) is 0 Å². The fourth-order valence-corrected chi connectivity index (χ4v) is 1.89. The minimum atomic E-state index is -0.0541. The first-order chi connectivity index (χ1) is 8.51. The van der Waals surface area contributed by atoms with Crippen molar-refractivity contribution in [2.24, 2.45) is 5.73 Å². The van der Waals surface area contributed by atoms with Crippen LogP contribution in [0.1, 0.15) is 24.7 Å². The molecule has 0 aromatic carbocycles. The van der Waals surface area contributed by atoms with Crippen LogP contribution in [-0.4, -0.2) is 42.7 Å². The van der Waals surface area contributed by atoms with Gasteiger partial charge in [0.2, 0.25) is 0 Å². The van der Waals surface area contributed by atoms with Crippen LogP contribution in [0.4, 0.5) is 0 Å². The van der Waals surface area contributed by atoms with Gasteiger partial charge in [-0.15, -0.1) is 0 Å². The number of hydrogen-bond acceptors (Lipinski definition) is 4. The van der Waals surface area contributed by atoms with Crippen molar-refractivity contribution in [1.82, 2.24) is 9.88 Å². The van der Waals surface area contributed by atoms with Crippen LogP contribution < -0.4 is 5.73 Å². The quantitative estimate of drug-likeness (QED) is 0.799. The molecule has 0 aliphatic heterocycles. The molecule has 1 aromatic rings. The highest BCUT2D eigenvalue weighted by atomic mass is 16.5. The molecule has 0 saturated heterocycles. The Bertz CT molecular complexity index is 370. The number of nitrogens with two attached hydrogens (primary N) is 1. The Morgan fingerprint density at radius 2 is 2.17 bits per heavy atom. The lowest BCUT2D eigenvalue weighted by atomic mass is 9.96. The molecule has 1 aromatic heterocycles. The van der Waals surface area contributed by atoms with E-state index in [0.717, 1.165) is 31.0 Å². The van der Waals surface area contributed by atoms with Crippen LogP contribution in [0.25, 0.3) is 0 Å². The van der Waals surface area contributed by atoms with Gasteiger partial charge in [0.25, 0.3) is 0 Å². The number of ether oxygens (including phenoxy) is 1. The van der Waals surface area contributed by atoms with Crippen LogP contribution in [0, 0.1) is 6.92 Å². The molecule has 1 unspecified atom stereocenters. The van der Waals surface area contributed by atoms with Gasteiger partial charge in [0.1, 0.15) is 0 Å². The predicted octanol–water partition coefficient (Wildman–Crippen LogP) is 1.58. The van der Waals surface area contributed by atoms with Gasteiger partial charge in [0.05, 0.1) is 5.69 Å². The molecule has 0 saturated carbocycles. The topological polar surface area (TPSA) is 51.4 Å². The summed E-state index contributed by atoms with van der Waals surface area (Å²) in [4.78, 5) is 6.79. The van der Waals surface area contributed by atoms with Crippen molar-refractivity contribution in [3.05, 3.63) is 29.6 Å². The summed E-state index contributed by atoms with van der Waals surface area (Å²) in [6.45, 7) is 6.31. The van der Waals surface area contributed by atoms with E-state index in [0.29, 0.717) is 6.54 Å². The summed E-state index contributed by atoms with van der Waals surface area (Å²) < 4.78 is 5.16. The molecule has 1 heterocycles. The van der Waals surface area contributed by atoms with Gasteiger partial charge in [0.15, 0.2) is 0 Å². The molecule has 0 spiro atoms. The maximum Gasteiger partial charge on any atom is 0.0547 e. The molecular weight excluding hydrogens is 226 g/mol.